The number of amides is 1. The minimum Gasteiger partial charge on any atom is -0.495 e. The summed E-state index contributed by atoms with van der Waals surface area (Å²) < 4.78 is 5.54. The third kappa shape index (κ3) is 4.01. The first-order valence-corrected chi connectivity index (χ1v) is 11.8. The summed E-state index contributed by atoms with van der Waals surface area (Å²) in [5.74, 6) is 0.480. The zero-order chi connectivity index (χ0) is 22.7. The lowest BCUT2D eigenvalue weighted by molar-refractivity contribution is 0.0709. The van der Waals surface area contributed by atoms with Gasteiger partial charge in [0.1, 0.15) is 17.0 Å². The molecule has 1 aliphatic rings. The molecule has 1 amide bonds. The van der Waals surface area contributed by atoms with Gasteiger partial charge in [-0.3, -0.25) is 4.79 Å². The number of benzene rings is 2. The van der Waals surface area contributed by atoms with E-state index < -0.39 is 0 Å². The molecule has 2 aromatic carbocycles. The van der Waals surface area contributed by atoms with E-state index in [0.717, 1.165) is 29.1 Å². The van der Waals surface area contributed by atoms with Crippen LogP contribution < -0.4 is 14.5 Å². The van der Waals surface area contributed by atoms with E-state index in [9.17, 15) is 9.59 Å². The molecule has 5 nitrogen and oxygen atoms in total. The second-order valence-electron chi connectivity index (χ2n) is 8.43. The molecule has 166 valence electrons. The molecule has 0 aliphatic carbocycles. The predicted octanol–water partition coefficient (Wildman–Crippen LogP) is 5.16. The van der Waals surface area contributed by atoms with Crippen LogP contribution in [0.2, 0.25) is 0 Å². The number of Topliss-reactive ketones (excluding diaryl/α,β-unsaturated/α-hetero) is 1. The second-order valence-corrected chi connectivity index (χ2v) is 9.31. The quantitative estimate of drug-likeness (QED) is 0.279. The number of hydrogen-bond acceptors (Lipinski definition) is 5. The highest BCUT2D eigenvalue weighted by Crippen LogP contribution is 2.49. The number of nitrogens with one attached hydrogen (secondary N) is 1. The number of carbonyl (C=O) groups excluding carboxylic acids is 2. The number of nitrogens with zero attached hydrogens (tertiary/aromatic N) is 1. The van der Waals surface area contributed by atoms with Crippen LogP contribution in [0.5, 0.6) is 5.75 Å². The maximum absolute atomic E-state index is 14.2. The molecule has 1 N–H and O–H groups in total. The number of ether oxygens (including phenoxy) is 1. The van der Waals surface area contributed by atoms with Crippen molar-refractivity contribution in [2.24, 2.45) is 0 Å². The zero-order valence-electron chi connectivity index (χ0n) is 18.8. The minimum absolute atomic E-state index is 0.0240. The van der Waals surface area contributed by atoms with Crippen LogP contribution in [0.1, 0.15) is 41.0 Å². The standard InChI is InChI=1S/C26H29N2O3S/c1-18(2)27-14-9-15-28(16-22(29)19-10-5-4-6-11-19)21-13-8-7-12-20(21)25-24(26(28)30)23(31-3)17-32-25/h4-8,10-13,17-18,27H,9,14-16H2,1-3H3/q+1. The lowest BCUT2D eigenvalue weighted by Gasteiger charge is -2.39. The van der Waals surface area contributed by atoms with Crippen LogP contribution in [-0.4, -0.2) is 44.5 Å². The van der Waals surface area contributed by atoms with Crippen molar-refractivity contribution in [2.75, 3.05) is 26.7 Å². The highest BCUT2D eigenvalue weighted by Gasteiger charge is 2.49. The molecule has 0 saturated heterocycles. The fourth-order valence-corrected chi connectivity index (χ4v) is 5.46. The van der Waals surface area contributed by atoms with Crippen molar-refractivity contribution in [3.05, 3.63) is 71.1 Å². The molecule has 6 heteroatoms. The van der Waals surface area contributed by atoms with Gasteiger partial charge in [-0.05, 0) is 6.07 Å². The fourth-order valence-electron chi connectivity index (χ4n) is 4.41. The van der Waals surface area contributed by atoms with Gasteiger partial charge < -0.3 is 10.1 Å². The Bertz CT molecular complexity index is 1120. The normalized spacial score (nSPS) is 17.2. The van der Waals surface area contributed by atoms with Crippen molar-refractivity contribution in [2.45, 2.75) is 26.3 Å². The molecule has 1 unspecified atom stereocenters. The van der Waals surface area contributed by atoms with Crippen LogP contribution in [-0.2, 0) is 0 Å². The topological polar surface area (TPSA) is 55.4 Å². The molecular weight excluding hydrogens is 420 g/mol. The van der Waals surface area contributed by atoms with Crippen LogP contribution >= 0.6 is 11.3 Å². The Morgan fingerprint density at radius 2 is 1.81 bits per heavy atom. The molecule has 0 radical (unpaired) electrons. The van der Waals surface area contributed by atoms with Crippen LogP contribution in [0.3, 0.4) is 0 Å². The second kappa shape index (κ2) is 9.36. The number of fused-ring (bicyclic) bond motifs is 3. The number of methoxy groups -OCH3 is 1. The Labute approximate surface area is 193 Å². The van der Waals surface area contributed by atoms with Gasteiger partial charge in [0.2, 0.25) is 5.78 Å². The highest BCUT2D eigenvalue weighted by atomic mass is 32.1. The summed E-state index contributed by atoms with van der Waals surface area (Å²) in [4.78, 5) is 28.5. The first-order chi connectivity index (χ1) is 15.5. The highest BCUT2D eigenvalue weighted by molar-refractivity contribution is 7.14. The van der Waals surface area contributed by atoms with Crippen molar-refractivity contribution in [1.29, 1.82) is 0 Å². The van der Waals surface area contributed by atoms with E-state index in [1.165, 1.54) is 11.3 Å². The predicted molar refractivity (Wildman–Crippen MR) is 131 cm³/mol. The SMILES string of the molecule is COc1csc2c1C(=O)[N+](CCCNC(C)C)(CC(=O)c1ccccc1)c1ccccc1-2. The van der Waals surface area contributed by atoms with Crippen LogP contribution in [0.25, 0.3) is 10.4 Å². The Morgan fingerprint density at radius 1 is 1.09 bits per heavy atom. The molecule has 3 aromatic rings. The van der Waals surface area contributed by atoms with Crippen LogP contribution in [0.4, 0.5) is 5.69 Å². The summed E-state index contributed by atoms with van der Waals surface area (Å²) in [7, 11) is 1.59. The van der Waals surface area contributed by atoms with E-state index in [1.54, 1.807) is 7.11 Å². The maximum Gasteiger partial charge on any atom is 0.356 e. The number of rotatable bonds is 9. The monoisotopic (exact) mass is 449 g/mol. The Hall–Kier alpha value is -2.80. The summed E-state index contributed by atoms with van der Waals surface area (Å²) in [5, 5.41) is 5.32. The van der Waals surface area contributed by atoms with Crippen LogP contribution in [0.15, 0.2) is 60.0 Å². The number of hydrogen-bond donors (Lipinski definition) is 1. The van der Waals surface area contributed by atoms with Crippen molar-refractivity contribution in [1.82, 2.24) is 9.80 Å². The molecule has 0 spiro atoms. The summed E-state index contributed by atoms with van der Waals surface area (Å²) in [6.45, 7) is 5.60. The van der Waals surface area contributed by atoms with Gasteiger partial charge in [-0.2, -0.15) is 0 Å². The van der Waals surface area contributed by atoms with Crippen molar-refractivity contribution < 1.29 is 14.3 Å². The van der Waals surface area contributed by atoms with Crippen molar-refractivity contribution >= 4 is 28.7 Å². The first kappa shape index (κ1) is 22.4. The van der Waals surface area contributed by atoms with E-state index in [-0.39, 0.29) is 22.7 Å². The molecule has 0 bridgehead atoms. The van der Waals surface area contributed by atoms with E-state index in [1.807, 2.05) is 60.0 Å². The van der Waals surface area contributed by atoms with Gasteiger partial charge in [-0.15, -0.1) is 11.3 Å². The smallest absolute Gasteiger partial charge is 0.356 e. The molecule has 0 fully saturated rings. The molecule has 1 aliphatic heterocycles. The lowest BCUT2D eigenvalue weighted by Crippen LogP contribution is -2.59. The van der Waals surface area contributed by atoms with E-state index in [0.29, 0.717) is 29.5 Å². The zero-order valence-corrected chi connectivity index (χ0v) is 19.6. The van der Waals surface area contributed by atoms with E-state index in [4.69, 9.17) is 4.74 Å². The third-order valence-corrected chi connectivity index (χ3v) is 6.96. The van der Waals surface area contributed by atoms with Gasteiger partial charge in [0.05, 0.1) is 24.1 Å². The molecule has 1 aromatic heterocycles. The minimum atomic E-state index is -0.0642. The number of ketones is 1. The molecule has 0 saturated carbocycles. The fraction of sp³-hybridized carbons (Fsp3) is 0.308. The number of thiophene rings is 1. The maximum atomic E-state index is 14.2. The van der Waals surface area contributed by atoms with Crippen molar-refractivity contribution in [3.8, 4) is 16.2 Å². The molecule has 4 rings (SSSR count). The van der Waals surface area contributed by atoms with Gasteiger partial charge in [0.15, 0.2) is 6.54 Å². The van der Waals surface area contributed by atoms with E-state index in [2.05, 4.69) is 19.2 Å². The summed E-state index contributed by atoms with van der Waals surface area (Å²) in [6.07, 6.45) is 0.766. The average Bonchev–Trinajstić information content (AvgIpc) is 3.25. The Kier molecular flexibility index (Phi) is 6.55. The molecule has 32 heavy (non-hydrogen) atoms. The summed E-state index contributed by atoms with van der Waals surface area (Å²) in [6, 6.07) is 17.6. The van der Waals surface area contributed by atoms with E-state index >= 15 is 0 Å². The van der Waals surface area contributed by atoms with Gasteiger partial charge in [0, 0.05) is 36.0 Å². The number of carbonyl (C=O) groups is 2. The molecule has 1 atom stereocenters. The summed E-state index contributed by atoms with van der Waals surface area (Å²) >= 11 is 1.52. The lowest BCUT2D eigenvalue weighted by atomic mass is 9.95. The van der Waals surface area contributed by atoms with Gasteiger partial charge in [-0.1, -0.05) is 56.3 Å². The van der Waals surface area contributed by atoms with Crippen LogP contribution in [0, 0.1) is 0 Å². The third-order valence-electron chi connectivity index (χ3n) is 5.97. The van der Waals surface area contributed by atoms with Gasteiger partial charge >= 0.3 is 5.91 Å². The largest absolute Gasteiger partial charge is 0.495 e. The number of quaternary nitrogens is 1. The molecule has 2 heterocycles. The Morgan fingerprint density at radius 3 is 2.53 bits per heavy atom. The molecular formula is C26H29N2O3S+. The number of para-hydroxylation sites is 1. The van der Waals surface area contributed by atoms with Gasteiger partial charge in [0.25, 0.3) is 0 Å². The average molecular weight is 450 g/mol. The summed E-state index contributed by atoms with van der Waals surface area (Å²) in [5.41, 5.74) is 3.11. The van der Waals surface area contributed by atoms with Crippen molar-refractivity contribution in [3.63, 3.8) is 0 Å². The van der Waals surface area contributed by atoms with Gasteiger partial charge in [-0.25, -0.2) is 9.28 Å². The first-order valence-electron chi connectivity index (χ1n) is 11.0. The Balaban J connectivity index is 1.82.